The molecule has 0 fully saturated rings. The third-order valence-electron chi connectivity index (χ3n) is 1.45. The van der Waals surface area contributed by atoms with Crippen molar-refractivity contribution >= 4 is 12.4 Å². The third-order valence-corrected chi connectivity index (χ3v) is 1.45. The minimum atomic E-state index is -0.587. The Morgan fingerprint density at radius 3 is 2.58 bits per heavy atom. The zero-order chi connectivity index (χ0) is 8.27. The summed E-state index contributed by atoms with van der Waals surface area (Å²) in [6.45, 7) is 0.490. The zero-order valence-corrected chi connectivity index (χ0v) is 7.27. The molecule has 0 aromatic heterocycles. The Bertz CT molecular complexity index is 255. The highest BCUT2D eigenvalue weighted by molar-refractivity contribution is 5.85. The van der Waals surface area contributed by atoms with Crippen molar-refractivity contribution < 1.29 is 9.50 Å². The number of rotatable bonds is 2. The lowest BCUT2D eigenvalue weighted by Gasteiger charge is -1.99. The highest BCUT2D eigenvalue weighted by Gasteiger charge is 1.99. The molecule has 0 saturated heterocycles. The molecule has 0 radical (unpaired) electrons. The lowest BCUT2D eigenvalue weighted by molar-refractivity contribution is 0.432. The van der Waals surface area contributed by atoms with E-state index in [1.807, 2.05) is 0 Å². The normalized spacial score (nSPS) is 9.17. The molecule has 1 aromatic carbocycles. The van der Waals surface area contributed by atoms with Gasteiger partial charge in [-0.3, -0.25) is 0 Å². The van der Waals surface area contributed by atoms with Crippen molar-refractivity contribution in [2.45, 2.75) is 6.42 Å². The first kappa shape index (κ1) is 11.2. The van der Waals surface area contributed by atoms with Crippen molar-refractivity contribution in [3.05, 3.63) is 29.6 Å². The van der Waals surface area contributed by atoms with E-state index < -0.39 is 5.82 Å². The van der Waals surface area contributed by atoms with Crippen LogP contribution in [-0.2, 0) is 6.42 Å². The Morgan fingerprint density at radius 1 is 1.42 bits per heavy atom. The minimum absolute atomic E-state index is 0. The Hall–Kier alpha value is -0.800. The molecular formula is C8H11ClFNO. The Morgan fingerprint density at radius 2 is 2.08 bits per heavy atom. The summed E-state index contributed by atoms with van der Waals surface area (Å²) in [4.78, 5) is 0. The predicted molar refractivity (Wildman–Crippen MR) is 48.1 cm³/mol. The molecule has 0 unspecified atom stereocenters. The Labute approximate surface area is 76.6 Å². The fraction of sp³-hybridized carbons (Fsp3) is 0.250. The number of phenols is 1. The van der Waals surface area contributed by atoms with E-state index in [0.717, 1.165) is 5.56 Å². The first-order valence-corrected chi connectivity index (χ1v) is 3.41. The van der Waals surface area contributed by atoms with Crippen molar-refractivity contribution in [3.8, 4) is 5.75 Å². The van der Waals surface area contributed by atoms with Gasteiger partial charge in [-0.05, 0) is 30.7 Å². The van der Waals surface area contributed by atoms with Gasteiger partial charge in [-0.2, -0.15) is 0 Å². The predicted octanol–water partition coefficient (Wildman–Crippen LogP) is 1.45. The maximum Gasteiger partial charge on any atom is 0.165 e. The van der Waals surface area contributed by atoms with Crippen LogP contribution in [0.4, 0.5) is 4.39 Å². The SMILES string of the molecule is Cl.NCCc1ccc(O)c(F)c1. The summed E-state index contributed by atoms with van der Waals surface area (Å²) in [5, 5.41) is 8.81. The van der Waals surface area contributed by atoms with Crippen LogP contribution >= 0.6 is 12.4 Å². The molecule has 0 bridgehead atoms. The van der Waals surface area contributed by atoms with E-state index in [1.54, 1.807) is 6.07 Å². The van der Waals surface area contributed by atoms with Gasteiger partial charge in [0.1, 0.15) is 0 Å². The number of hydrogen-bond donors (Lipinski definition) is 2. The second kappa shape index (κ2) is 4.95. The maximum absolute atomic E-state index is 12.6. The molecule has 2 nitrogen and oxygen atoms in total. The fourth-order valence-electron chi connectivity index (χ4n) is 0.873. The third kappa shape index (κ3) is 2.68. The van der Waals surface area contributed by atoms with Crippen molar-refractivity contribution in [1.82, 2.24) is 0 Å². The van der Waals surface area contributed by atoms with Crippen LogP contribution in [-0.4, -0.2) is 11.7 Å². The summed E-state index contributed by atoms with van der Waals surface area (Å²) in [7, 11) is 0. The summed E-state index contributed by atoms with van der Waals surface area (Å²) >= 11 is 0. The molecule has 0 aliphatic heterocycles. The van der Waals surface area contributed by atoms with Crippen molar-refractivity contribution in [1.29, 1.82) is 0 Å². The fourth-order valence-corrected chi connectivity index (χ4v) is 0.873. The van der Waals surface area contributed by atoms with Crippen molar-refractivity contribution in [3.63, 3.8) is 0 Å². The molecule has 1 rings (SSSR count). The van der Waals surface area contributed by atoms with E-state index in [-0.39, 0.29) is 18.2 Å². The van der Waals surface area contributed by atoms with E-state index >= 15 is 0 Å². The largest absolute Gasteiger partial charge is 0.505 e. The van der Waals surface area contributed by atoms with Gasteiger partial charge < -0.3 is 10.8 Å². The lowest BCUT2D eigenvalue weighted by Crippen LogP contribution is -2.02. The van der Waals surface area contributed by atoms with Gasteiger partial charge >= 0.3 is 0 Å². The second-order valence-corrected chi connectivity index (χ2v) is 2.32. The van der Waals surface area contributed by atoms with Gasteiger partial charge in [-0.25, -0.2) is 4.39 Å². The van der Waals surface area contributed by atoms with Crippen LogP contribution in [0.3, 0.4) is 0 Å². The van der Waals surface area contributed by atoms with Crippen LogP contribution < -0.4 is 5.73 Å². The van der Waals surface area contributed by atoms with Gasteiger partial charge in [0.05, 0.1) is 0 Å². The molecule has 1 aromatic rings. The highest BCUT2D eigenvalue weighted by atomic mass is 35.5. The summed E-state index contributed by atoms with van der Waals surface area (Å²) < 4.78 is 12.6. The number of aromatic hydroxyl groups is 1. The molecule has 0 amide bonds. The average Bonchev–Trinajstić information content (AvgIpc) is 1.98. The first-order valence-electron chi connectivity index (χ1n) is 3.41. The van der Waals surface area contributed by atoms with Crippen LogP contribution in [0.2, 0.25) is 0 Å². The van der Waals surface area contributed by atoms with Crippen molar-refractivity contribution in [2.75, 3.05) is 6.54 Å². The topological polar surface area (TPSA) is 46.2 Å². The van der Waals surface area contributed by atoms with E-state index in [2.05, 4.69) is 0 Å². The van der Waals surface area contributed by atoms with Crippen LogP contribution in [0.25, 0.3) is 0 Å². The molecule has 12 heavy (non-hydrogen) atoms. The molecule has 0 saturated carbocycles. The average molecular weight is 192 g/mol. The summed E-state index contributed by atoms with van der Waals surface area (Å²) in [5.41, 5.74) is 6.07. The van der Waals surface area contributed by atoms with Crippen LogP contribution in [0, 0.1) is 5.82 Å². The standard InChI is InChI=1S/C8H10FNO.ClH/c9-7-5-6(3-4-10)1-2-8(7)11;/h1-2,5,11H,3-4,10H2;1H. The molecule has 0 atom stereocenters. The molecule has 0 aliphatic carbocycles. The first-order chi connectivity index (χ1) is 5.24. The van der Waals surface area contributed by atoms with Gasteiger partial charge in [0.15, 0.2) is 11.6 Å². The smallest absolute Gasteiger partial charge is 0.165 e. The molecule has 0 aliphatic rings. The van der Waals surface area contributed by atoms with E-state index in [9.17, 15) is 4.39 Å². The summed E-state index contributed by atoms with van der Waals surface area (Å²) in [6.07, 6.45) is 0.636. The zero-order valence-electron chi connectivity index (χ0n) is 6.46. The molecule has 0 spiro atoms. The van der Waals surface area contributed by atoms with E-state index in [0.29, 0.717) is 13.0 Å². The monoisotopic (exact) mass is 191 g/mol. The number of hydrogen-bond acceptors (Lipinski definition) is 2. The van der Waals surface area contributed by atoms with Crippen LogP contribution in [0.5, 0.6) is 5.75 Å². The Balaban J connectivity index is 0.00000121. The summed E-state index contributed by atoms with van der Waals surface area (Å²) in [5.74, 6) is -0.901. The van der Waals surface area contributed by atoms with Gasteiger partial charge in [0.25, 0.3) is 0 Å². The minimum Gasteiger partial charge on any atom is -0.505 e. The number of halogens is 2. The Kier molecular flexibility index (Phi) is 4.62. The van der Waals surface area contributed by atoms with Gasteiger partial charge in [0, 0.05) is 0 Å². The molecule has 68 valence electrons. The van der Waals surface area contributed by atoms with Crippen molar-refractivity contribution in [2.24, 2.45) is 5.73 Å². The van der Waals surface area contributed by atoms with Gasteiger partial charge in [0.2, 0.25) is 0 Å². The van der Waals surface area contributed by atoms with Gasteiger partial charge in [-0.15, -0.1) is 12.4 Å². The highest BCUT2D eigenvalue weighted by Crippen LogP contribution is 2.15. The maximum atomic E-state index is 12.6. The van der Waals surface area contributed by atoms with E-state index in [4.69, 9.17) is 10.8 Å². The quantitative estimate of drug-likeness (QED) is 0.744. The number of benzene rings is 1. The van der Waals surface area contributed by atoms with Gasteiger partial charge in [-0.1, -0.05) is 6.07 Å². The molecule has 3 N–H and O–H groups in total. The van der Waals surface area contributed by atoms with Crippen LogP contribution in [0.1, 0.15) is 5.56 Å². The summed E-state index contributed by atoms with van der Waals surface area (Å²) in [6, 6.07) is 4.29. The number of phenolic OH excluding ortho intramolecular Hbond substituents is 1. The second-order valence-electron chi connectivity index (χ2n) is 2.32. The molecular weight excluding hydrogens is 181 g/mol. The number of nitrogens with two attached hydrogens (primary N) is 1. The van der Waals surface area contributed by atoms with Crippen LogP contribution in [0.15, 0.2) is 18.2 Å². The van der Waals surface area contributed by atoms with E-state index in [1.165, 1.54) is 12.1 Å². The molecule has 4 heteroatoms. The lowest BCUT2D eigenvalue weighted by atomic mass is 10.1. The molecule has 0 heterocycles.